The number of carbonyl (C=O) groups is 1. The Morgan fingerprint density at radius 2 is 1.89 bits per heavy atom. The third kappa shape index (κ3) is 5.77. The summed E-state index contributed by atoms with van der Waals surface area (Å²) >= 11 is 10.9. The Labute approximate surface area is 167 Å². The van der Waals surface area contributed by atoms with Crippen LogP contribution in [0.3, 0.4) is 0 Å². The van der Waals surface area contributed by atoms with Gasteiger partial charge in [0.1, 0.15) is 17.5 Å². The van der Waals surface area contributed by atoms with Gasteiger partial charge >= 0.3 is 0 Å². The van der Waals surface area contributed by atoms with Gasteiger partial charge in [-0.25, -0.2) is 4.98 Å². The van der Waals surface area contributed by atoms with Crippen LogP contribution in [0.2, 0.25) is 5.15 Å². The van der Waals surface area contributed by atoms with E-state index in [1.807, 2.05) is 54.6 Å². The molecular weight excluding hydrogens is 382 g/mol. The summed E-state index contributed by atoms with van der Waals surface area (Å²) in [5.41, 5.74) is 2.15. The monoisotopic (exact) mass is 397 g/mol. The smallest absolute Gasteiger partial charge is 0.258 e. The van der Waals surface area contributed by atoms with Crippen LogP contribution >= 0.6 is 23.8 Å². The minimum atomic E-state index is -0.367. The van der Waals surface area contributed by atoms with Crippen molar-refractivity contribution in [2.24, 2.45) is 0 Å². The van der Waals surface area contributed by atoms with Crippen molar-refractivity contribution < 1.29 is 9.53 Å². The van der Waals surface area contributed by atoms with Crippen LogP contribution in [0, 0.1) is 0 Å². The molecule has 0 radical (unpaired) electrons. The molecule has 1 heterocycles. The Bertz CT molecular complexity index is 933. The van der Waals surface area contributed by atoms with E-state index in [2.05, 4.69) is 15.6 Å². The van der Waals surface area contributed by atoms with E-state index in [0.717, 1.165) is 5.56 Å². The number of hydrogen-bond donors (Lipinski definition) is 2. The van der Waals surface area contributed by atoms with Gasteiger partial charge in [0.2, 0.25) is 0 Å². The topological polar surface area (TPSA) is 63.2 Å². The Kier molecular flexibility index (Phi) is 6.35. The van der Waals surface area contributed by atoms with Crippen molar-refractivity contribution in [3.63, 3.8) is 0 Å². The van der Waals surface area contributed by atoms with Crippen LogP contribution < -0.4 is 15.4 Å². The number of hydrogen-bond acceptors (Lipinski definition) is 4. The maximum absolute atomic E-state index is 12.1. The first-order chi connectivity index (χ1) is 13.1. The molecule has 2 aromatic carbocycles. The molecule has 1 aromatic heterocycles. The zero-order chi connectivity index (χ0) is 19.1. The predicted molar refractivity (Wildman–Crippen MR) is 110 cm³/mol. The van der Waals surface area contributed by atoms with Gasteiger partial charge in [0.05, 0.1) is 5.56 Å². The van der Waals surface area contributed by atoms with Crippen LogP contribution in [0.5, 0.6) is 5.75 Å². The Morgan fingerprint density at radius 1 is 1.07 bits per heavy atom. The maximum Gasteiger partial charge on any atom is 0.258 e. The number of nitrogens with one attached hydrogen (secondary N) is 2. The molecule has 3 aromatic rings. The number of pyridine rings is 1. The van der Waals surface area contributed by atoms with E-state index in [1.54, 1.807) is 12.1 Å². The molecule has 0 spiro atoms. The number of benzene rings is 2. The molecule has 136 valence electrons. The zero-order valence-electron chi connectivity index (χ0n) is 14.2. The summed E-state index contributed by atoms with van der Waals surface area (Å²) in [6, 6.07) is 20.3. The summed E-state index contributed by atoms with van der Waals surface area (Å²) in [4.78, 5) is 16.0. The predicted octanol–water partition coefficient (Wildman–Crippen LogP) is 4.44. The molecule has 2 N–H and O–H groups in total. The van der Waals surface area contributed by atoms with Crippen LogP contribution in [0.25, 0.3) is 0 Å². The van der Waals surface area contributed by atoms with Crippen molar-refractivity contribution in [1.29, 1.82) is 0 Å². The molecule has 27 heavy (non-hydrogen) atoms. The third-order valence-corrected chi connectivity index (χ3v) is 3.98. The summed E-state index contributed by atoms with van der Waals surface area (Å²) in [5.74, 6) is 0.327. The van der Waals surface area contributed by atoms with Gasteiger partial charge in [-0.05, 0) is 42.0 Å². The number of halogens is 1. The quantitative estimate of drug-likeness (QED) is 0.492. The van der Waals surface area contributed by atoms with Gasteiger partial charge in [0, 0.05) is 18.0 Å². The maximum atomic E-state index is 12.1. The van der Waals surface area contributed by atoms with Gasteiger partial charge in [-0.1, -0.05) is 48.0 Å². The number of ether oxygens (including phenoxy) is 1. The average Bonchev–Trinajstić information content (AvgIpc) is 2.68. The van der Waals surface area contributed by atoms with E-state index in [0.29, 0.717) is 28.8 Å². The normalized spacial score (nSPS) is 10.1. The molecular formula is C20H16ClN3O2S. The van der Waals surface area contributed by atoms with Crippen LogP contribution in [0.1, 0.15) is 15.9 Å². The minimum Gasteiger partial charge on any atom is -0.489 e. The minimum absolute atomic E-state index is 0.176. The largest absolute Gasteiger partial charge is 0.489 e. The van der Waals surface area contributed by atoms with E-state index in [4.69, 9.17) is 28.6 Å². The van der Waals surface area contributed by atoms with Crippen molar-refractivity contribution in [1.82, 2.24) is 10.3 Å². The van der Waals surface area contributed by atoms with Crippen LogP contribution in [-0.2, 0) is 6.61 Å². The second-order valence-electron chi connectivity index (χ2n) is 5.58. The summed E-state index contributed by atoms with van der Waals surface area (Å²) < 4.78 is 5.78. The van der Waals surface area contributed by atoms with Crippen molar-refractivity contribution in [2.75, 3.05) is 5.32 Å². The Hall–Kier alpha value is -2.96. The first-order valence-corrected chi connectivity index (χ1v) is 8.89. The lowest BCUT2D eigenvalue weighted by molar-refractivity contribution is 0.0977. The molecule has 0 saturated heterocycles. The van der Waals surface area contributed by atoms with E-state index in [9.17, 15) is 4.79 Å². The fourth-order valence-electron chi connectivity index (χ4n) is 2.25. The second kappa shape index (κ2) is 9.12. The van der Waals surface area contributed by atoms with Crippen molar-refractivity contribution in [3.05, 3.63) is 89.2 Å². The number of aromatic nitrogens is 1. The molecule has 0 aliphatic carbocycles. The molecule has 5 nitrogen and oxygen atoms in total. The van der Waals surface area contributed by atoms with E-state index in [-0.39, 0.29) is 11.0 Å². The lowest BCUT2D eigenvalue weighted by Gasteiger charge is -2.11. The van der Waals surface area contributed by atoms with Gasteiger partial charge in [0.25, 0.3) is 5.91 Å². The van der Waals surface area contributed by atoms with Crippen molar-refractivity contribution in [2.45, 2.75) is 6.61 Å². The highest BCUT2D eigenvalue weighted by atomic mass is 35.5. The SMILES string of the molecule is O=C(NC(=S)Nc1cccc(OCc2ccccc2)c1)c1ccc(Cl)nc1. The number of nitrogens with zero attached hydrogens (tertiary/aromatic N) is 1. The van der Waals surface area contributed by atoms with Crippen LogP contribution in [-0.4, -0.2) is 16.0 Å². The zero-order valence-corrected chi connectivity index (χ0v) is 15.8. The number of amides is 1. The first kappa shape index (κ1) is 18.8. The molecule has 0 bridgehead atoms. The average molecular weight is 398 g/mol. The summed E-state index contributed by atoms with van der Waals surface area (Å²) in [5, 5.41) is 6.06. The molecule has 0 aliphatic rings. The van der Waals surface area contributed by atoms with Crippen molar-refractivity contribution in [3.8, 4) is 5.75 Å². The highest BCUT2D eigenvalue weighted by Crippen LogP contribution is 2.18. The lowest BCUT2D eigenvalue weighted by atomic mass is 10.2. The number of thiocarbonyl (C=S) groups is 1. The molecule has 7 heteroatoms. The Morgan fingerprint density at radius 3 is 2.63 bits per heavy atom. The molecule has 0 unspecified atom stereocenters. The molecule has 3 rings (SSSR count). The van der Waals surface area contributed by atoms with Crippen molar-refractivity contribution >= 4 is 40.5 Å². The fourth-order valence-corrected chi connectivity index (χ4v) is 2.57. The fraction of sp³-hybridized carbons (Fsp3) is 0.0500. The van der Waals surface area contributed by atoms with Gasteiger partial charge in [0.15, 0.2) is 5.11 Å². The highest BCUT2D eigenvalue weighted by molar-refractivity contribution is 7.80. The van der Waals surface area contributed by atoms with Gasteiger partial charge in [-0.15, -0.1) is 0 Å². The second-order valence-corrected chi connectivity index (χ2v) is 6.38. The van der Waals surface area contributed by atoms with E-state index in [1.165, 1.54) is 6.20 Å². The number of carbonyl (C=O) groups excluding carboxylic acids is 1. The summed E-state index contributed by atoms with van der Waals surface area (Å²) in [6.07, 6.45) is 1.39. The third-order valence-electron chi connectivity index (χ3n) is 3.56. The van der Waals surface area contributed by atoms with Crippen LogP contribution in [0.4, 0.5) is 5.69 Å². The van der Waals surface area contributed by atoms with Gasteiger partial charge in [-0.2, -0.15) is 0 Å². The molecule has 0 fully saturated rings. The summed E-state index contributed by atoms with van der Waals surface area (Å²) in [7, 11) is 0. The lowest BCUT2D eigenvalue weighted by Crippen LogP contribution is -2.34. The van der Waals surface area contributed by atoms with Gasteiger partial charge in [-0.3, -0.25) is 10.1 Å². The number of anilines is 1. The summed E-state index contributed by atoms with van der Waals surface area (Å²) in [6.45, 7) is 0.467. The number of rotatable bonds is 5. The van der Waals surface area contributed by atoms with Crippen LogP contribution in [0.15, 0.2) is 72.9 Å². The first-order valence-electron chi connectivity index (χ1n) is 8.11. The standard InChI is InChI=1S/C20H16ClN3O2S/c21-18-10-9-15(12-22-18)19(25)24-20(27)23-16-7-4-8-17(11-16)26-13-14-5-2-1-3-6-14/h1-12H,13H2,(H2,23,24,25,27). The van der Waals surface area contributed by atoms with E-state index >= 15 is 0 Å². The molecule has 1 amide bonds. The van der Waals surface area contributed by atoms with E-state index < -0.39 is 0 Å². The molecule has 0 aliphatic heterocycles. The van der Waals surface area contributed by atoms with Gasteiger partial charge < -0.3 is 10.1 Å². The molecule has 0 atom stereocenters. The Balaban J connectivity index is 1.56. The highest BCUT2D eigenvalue weighted by Gasteiger charge is 2.09. The molecule has 0 saturated carbocycles.